The van der Waals surface area contributed by atoms with Crippen molar-refractivity contribution in [1.29, 1.82) is 0 Å². The van der Waals surface area contributed by atoms with Crippen LogP contribution < -0.4 is 10.5 Å². The van der Waals surface area contributed by atoms with Crippen LogP contribution in [0.4, 0.5) is 0 Å². The van der Waals surface area contributed by atoms with Gasteiger partial charge in [0.2, 0.25) is 5.88 Å². The summed E-state index contributed by atoms with van der Waals surface area (Å²) < 4.78 is 7.66. The van der Waals surface area contributed by atoms with E-state index in [9.17, 15) is 4.79 Å². The van der Waals surface area contributed by atoms with Gasteiger partial charge in [-0.25, -0.2) is 9.97 Å². The van der Waals surface area contributed by atoms with Gasteiger partial charge in [0.25, 0.3) is 0 Å². The lowest BCUT2D eigenvalue weighted by molar-refractivity contribution is -0.137. The van der Waals surface area contributed by atoms with Gasteiger partial charge in [-0.2, -0.15) is 0 Å². The van der Waals surface area contributed by atoms with Gasteiger partial charge in [0, 0.05) is 30.3 Å². The minimum Gasteiger partial charge on any atom is -0.481 e. The quantitative estimate of drug-likeness (QED) is 0.685. The number of imidazole rings is 1. The summed E-state index contributed by atoms with van der Waals surface area (Å²) in [5.74, 6) is -0.247. The number of benzene rings is 1. The third-order valence-electron chi connectivity index (χ3n) is 3.53. The molecule has 8 heteroatoms. The Balaban J connectivity index is 0.000000298. The number of carbonyl (C=O) groups is 1. The van der Waals surface area contributed by atoms with Crippen molar-refractivity contribution >= 4 is 28.6 Å². The number of hydrogen-bond acceptors (Lipinski definition) is 5. The molecule has 0 radical (unpaired) electrons. The number of pyridine rings is 1. The lowest BCUT2D eigenvalue weighted by Crippen LogP contribution is -2.02. The largest absolute Gasteiger partial charge is 0.481 e. The highest BCUT2D eigenvalue weighted by molar-refractivity contribution is 6.31. The number of nitrogens with zero attached hydrogens (tertiary/aromatic N) is 3. The number of carboxylic acids is 1. The molecule has 0 aliphatic carbocycles. The van der Waals surface area contributed by atoms with Crippen LogP contribution in [-0.4, -0.2) is 32.2 Å². The first-order valence-electron chi connectivity index (χ1n) is 8.07. The third-order valence-corrected chi connectivity index (χ3v) is 3.90. The molecule has 3 rings (SSSR count). The van der Waals surface area contributed by atoms with Crippen LogP contribution in [0.3, 0.4) is 0 Å². The van der Waals surface area contributed by atoms with E-state index < -0.39 is 5.97 Å². The monoisotopic (exact) mass is 376 g/mol. The van der Waals surface area contributed by atoms with Gasteiger partial charge in [-0.1, -0.05) is 29.8 Å². The average molecular weight is 377 g/mol. The molecule has 3 N–H and O–H groups in total. The van der Waals surface area contributed by atoms with Crippen LogP contribution >= 0.6 is 11.6 Å². The molecule has 3 aromatic rings. The average Bonchev–Trinajstić information content (AvgIpc) is 3.02. The molecule has 2 aromatic heterocycles. The zero-order valence-electron chi connectivity index (χ0n) is 14.4. The molecule has 138 valence electrons. The number of hydrogen-bond donors (Lipinski definition) is 2. The zero-order chi connectivity index (χ0) is 18.9. The van der Waals surface area contributed by atoms with Gasteiger partial charge in [-0.05, 0) is 25.1 Å². The highest BCUT2D eigenvalue weighted by Crippen LogP contribution is 2.23. The minimum absolute atomic E-state index is 0.191. The maximum absolute atomic E-state index is 9.70. The van der Waals surface area contributed by atoms with Crippen molar-refractivity contribution in [2.45, 2.75) is 19.4 Å². The van der Waals surface area contributed by atoms with Crippen molar-refractivity contribution < 1.29 is 14.6 Å². The number of rotatable bonds is 6. The highest BCUT2D eigenvalue weighted by atomic mass is 35.5. The number of ether oxygens (including phenoxy) is 1. The molecule has 1 aromatic carbocycles. The Morgan fingerprint density at radius 1 is 1.31 bits per heavy atom. The van der Waals surface area contributed by atoms with Crippen molar-refractivity contribution in [1.82, 2.24) is 14.5 Å². The molecular formula is C18H21ClN4O3. The Hall–Kier alpha value is -2.64. The Morgan fingerprint density at radius 3 is 2.73 bits per heavy atom. The molecule has 0 saturated heterocycles. The topological polar surface area (TPSA) is 103 Å². The number of aryl methyl sites for hydroxylation is 1. The lowest BCUT2D eigenvalue weighted by atomic mass is 10.2. The molecular weight excluding hydrogens is 356 g/mol. The third kappa shape index (κ3) is 5.44. The predicted molar refractivity (Wildman–Crippen MR) is 100 cm³/mol. The van der Waals surface area contributed by atoms with Crippen LogP contribution in [0.2, 0.25) is 5.02 Å². The van der Waals surface area contributed by atoms with E-state index in [0.29, 0.717) is 30.5 Å². The van der Waals surface area contributed by atoms with E-state index in [1.807, 2.05) is 41.9 Å². The van der Waals surface area contributed by atoms with Crippen LogP contribution in [0, 0.1) is 0 Å². The maximum Gasteiger partial charge on any atom is 0.303 e. The number of nitrogens with two attached hydrogens (primary N) is 1. The number of aromatic nitrogens is 3. The number of aliphatic carboxylic acids is 1. The van der Waals surface area contributed by atoms with E-state index >= 15 is 0 Å². The molecule has 26 heavy (non-hydrogen) atoms. The fourth-order valence-corrected chi connectivity index (χ4v) is 2.35. The second kappa shape index (κ2) is 9.74. The minimum atomic E-state index is -0.773. The van der Waals surface area contributed by atoms with Crippen molar-refractivity contribution in [3.63, 3.8) is 0 Å². The van der Waals surface area contributed by atoms with Crippen LogP contribution in [0.25, 0.3) is 11.0 Å². The number of fused-ring (bicyclic) bond motifs is 1. The summed E-state index contributed by atoms with van der Waals surface area (Å²) in [6.07, 6.45) is 4.23. The van der Waals surface area contributed by atoms with E-state index in [4.69, 9.17) is 27.2 Å². The summed E-state index contributed by atoms with van der Waals surface area (Å²) in [5, 5.41) is 8.68. The second-order valence-electron chi connectivity index (χ2n) is 5.51. The molecule has 0 unspecified atom stereocenters. The van der Waals surface area contributed by atoms with Crippen molar-refractivity contribution in [2.24, 2.45) is 12.8 Å². The van der Waals surface area contributed by atoms with Gasteiger partial charge in [-0.15, -0.1) is 0 Å². The smallest absolute Gasteiger partial charge is 0.303 e. The van der Waals surface area contributed by atoms with E-state index in [0.717, 1.165) is 16.6 Å². The fraction of sp³-hybridized carbons (Fsp3) is 0.278. The first-order valence-corrected chi connectivity index (χ1v) is 8.44. The maximum atomic E-state index is 9.70. The summed E-state index contributed by atoms with van der Waals surface area (Å²) in [6, 6.07) is 9.50. The predicted octanol–water partition coefficient (Wildman–Crippen LogP) is 3.01. The normalized spacial score (nSPS) is 10.3. The standard InChI is InChI=1S/C14H12ClN3O.C4H9NO2/c1-18-9-17-13-12(18)6-7-16-14(13)19-8-10-4-2-3-5-11(10)15;5-3-1-2-4(6)7/h2-7,9H,8H2,1H3;1-3,5H2,(H,6,7). The van der Waals surface area contributed by atoms with Gasteiger partial charge in [-0.3, -0.25) is 4.79 Å². The molecule has 0 aliphatic heterocycles. The van der Waals surface area contributed by atoms with Gasteiger partial charge < -0.3 is 20.1 Å². The van der Waals surface area contributed by atoms with Gasteiger partial charge in [0.15, 0.2) is 5.52 Å². The number of carboxylic acid groups (broad SMARTS) is 1. The molecule has 0 spiro atoms. The summed E-state index contributed by atoms with van der Waals surface area (Å²) in [6.45, 7) is 0.842. The molecule has 0 saturated carbocycles. The Morgan fingerprint density at radius 2 is 2.08 bits per heavy atom. The molecule has 0 fully saturated rings. The van der Waals surface area contributed by atoms with Crippen LogP contribution in [0.5, 0.6) is 5.88 Å². The van der Waals surface area contributed by atoms with Gasteiger partial charge in [0.05, 0.1) is 11.8 Å². The fourth-order valence-electron chi connectivity index (χ4n) is 2.16. The zero-order valence-corrected chi connectivity index (χ0v) is 15.2. The molecule has 0 aliphatic rings. The van der Waals surface area contributed by atoms with Gasteiger partial charge >= 0.3 is 5.97 Å². The Kier molecular flexibility index (Phi) is 7.37. The Labute approximate surface area is 156 Å². The summed E-state index contributed by atoms with van der Waals surface area (Å²) in [4.78, 5) is 18.2. The van der Waals surface area contributed by atoms with E-state index in [-0.39, 0.29) is 6.42 Å². The highest BCUT2D eigenvalue weighted by Gasteiger charge is 2.09. The van der Waals surface area contributed by atoms with Crippen LogP contribution in [0.1, 0.15) is 18.4 Å². The van der Waals surface area contributed by atoms with E-state index in [1.165, 1.54) is 0 Å². The molecule has 2 heterocycles. The summed E-state index contributed by atoms with van der Waals surface area (Å²) >= 11 is 6.09. The first kappa shape index (κ1) is 19.7. The molecule has 0 atom stereocenters. The van der Waals surface area contributed by atoms with Crippen LogP contribution in [-0.2, 0) is 18.4 Å². The molecule has 7 nitrogen and oxygen atoms in total. The van der Waals surface area contributed by atoms with Crippen molar-refractivity contribution in [2.75, 3.05) is 6.54 Å². The lowest BCUT2D eigenvalue weighted by Gasteiger charge is -2.07. The molecule has 0 bridgehead atoms. The Bertz CT molecular complexity index is 867. The first-order chi connectivity index (χ1) is 12.5. The summed E-state index contributed by atoms with van der Waals surface area (Å²) in [7, 11) is 1.94. The van der Waals surface area contributed by atoms with Crippen LogP contribution in [0.15, 0.2) is 42.9 Å². The number of halogens is 1. The SMILES string of the molecule is Cn1cnc2c(OCc3ccccc3Cl)nccc21.NCCCC(=O)O. The van der Waals surface area contributed by atoms with Crippen molar-refractivity contribution in [3.05, 3.63) is 53.4 Å². The second-order valence-corrected chi connectivity index (χ2v) is 5.91. The summed E-state index contributed by atoms with van der Waals surface area (Å²) in [5.41, 5.74) is 7.69. The van der Waals surface area contributed by atoms with E-state index in [1.54, 1.807) is 12.5 Å². The van der Waals surface area contributed by atoms with Crippen molar-refractivity contribution in [3.8, 4) is 5.88 Å². The van der Waals surface area contributed by atoms with E-state index in [2.05, 4.69) is 9.97 Å². The molecule has 0 amide bonds. The van der Waals surface area contributed by atoms with Gasteiger partial charge in [0.1, 0.15) is 6.61 Å².